The minimum Gasteiger partial charge on any atom is -0.493 e. The molecule has 0 aliphatic rings. The van der Waals surface area contributed by atoms with E-state index in [0.717, 1.165) is 0 Å². The Morgan fingerprint density at radius 1 is 0.926 bits per heavy atom. The van der Waals surface area contributed by atoms with Crippen LogP contribution in [0.2, 0.25) is 0 Å². The number of amides is 1. The molecular formula is C18H22N2O6S. The highest BCUT2D eigenvalue weighted by Gasteiger charge is 2.17. The van der Waals surface area contributed by atoms with Crippen molar-refractivity contribution in [3.8, 4) is 17.2 Å². The average molecular weight is 394 g/mol. The zero-order chi connectivity index (χ0) is 20.0. The molecule has 0 aliphatic heterocycles. The molecule has 1 amide bonds. The number of carbonyl (C=O) groups excluding carboxylic acids is 1. The van der Waals surface area contributed by atoms with E-state index < -0.39 is 10.0 Å². The van der Waals surface area contributed by atoms with Gasteiger partial charge in [0.25, 0.3) is 5.91 Å². The molecule has 0 heterocycles. The third-order valence-corrected chi connectivity index (χ3v) is 5.03. The highest BCUT2D eigenvalue weighted by Crippen LogP contribution is 2.38. The van der Waals surface area contributed by atoms with Gasteiger partial charge in [-0.25, -0.2) is 8.42 Å². The van der Waals surface area contributed by atoms with Crippen molar-refractivity contribution in [2.45, 2.75) is 6.92 Å². The van der Waals surface area contributed by atoms with Gasteiger partial charge >= 0.3 is 0 Å². The number of rotatable bonds is 8. The van der Waals surface area contributed by atoms with Crippen molar-refractivity contribution in [1.29, 1.82) is 0 Å². The standard InChI is InChI=1S/C18H22N2O6S/c1-5-27(22,23)20-14-8-6-13(7-9-14)19-18(21)12-10-15(24-2)17(26-4)16(11-12)25-3/h6-11,20H,5H2,1-4H3,(H,19,21). The van der Waals surface area contributed by atoms with Crippen LogP contribution in [0.4, 0.5) is 11.4 Å². The summed E-state index contributed by atoms with van der Waals surface area (Å²) in [5, 5.41) is 2.73. The van der Waals surface area contributed by atoms with Gasteiger partial charge in [0.15, 0.2) is 11.5 Å². The Morgan fingerprint density at radius 3 is 1.89 bits per heavy atom. The molecule has 0 unspecified atom stereocenters. The van der Waals surface area contributed by atoms with Gasteiger partial charge in [0.05, 0.1) is 27.1 Å². The summed E-state index contributed by atoms with van der Waals surface area (Å²) in [5.41, 5.74) is 1.25. The van der Waals surface area contributed by atoms with Crippen molar-refractivity contribution >= 4 is 27.3 Å². The molecule has 8 nitrogen and oxygen atoms in total. The number of carbonyl (C=O) groups is 1. The van der Waals surface area contributed by atoms with E-state index >= 15 is 0 Å². The normalized spacial score (nSPS) is 10.8. The van der Waals surface area contributed by atoms with Crippen LogP contribution in [-0.2, 0) is 10.0 Å². The van der Waals surface area contributed by atoms with E-state index in [2.05, 4.69) is 10.0 Å². The lowest BCUT2D eigenvalue weighted by Gasteiger charge is -2.14. The lowest BCUT2D eigenvalue weighted by Crippen LogP contribution is -2.15. The summed E-state index contributed by atoms with van der Waals surface area (Å²) in [6.45, 7) is 1.55. The van der Waals surface area contributed by atoms with Crippen LogP contribution >= 0.6 is 0 Å². The summed E-state index contributed by atoms with van der Waals surface area (Å²) >= 11 is 0. The molecule has 0 aromatic heterocycles. The second-order valence-corrected chi connectivity index (χ2v) is 7.46. The molecule has 0 saturated heterocycles. The van der Waals surface area contributed by atoms with E-state index in [1.165, 1.54) is 21.3 Å². The van der Waals surface area contributed by atoms with Crippen molar-refractivity contribution in [3.63, 3.8) is 0 Å². The quantitative estimate of drug-likeness (QED) is 0.714. The van der Waals surface area contributed by atoms with E-state index in [4.69, 9.17) is 14.2 Å². The molecule has 0 fully saturated rings. The fraction of sp³-hybridized carbons (Fsp3) is 0.278. The Hall–Kier alpha value is -2.94. The van der Waals surface area contributed by atoms with Crippen LogP contribution in [0.25, 0.3) is 0 Å². The fourth-order valence-electron chi connectivity index (χ4n) is 2.29. The average Bonchev–Trinajstić information content (AvgIpc) is 2.67. The lowest BCUT2D eigenvalue weighted by atomic mass is 10.1. The molecule has 0 spiro atoms. The van der Waals surface area contributed by atoms with E-state index in [1.54, 1.807) is 43.3 Å². The van der Waals surface area contributed by atoms with Gasteiger partial charge in [-0.2, -0.15) is 0 Å². The van der Waals surface area contributed by atoms with E-state index in [1.807, 2.05) is 0 Å². The smallest absolute Gasteiger partial charge is 0.255 e. The van der Waals surface area contributed by atoms with Gasteiger partial charge in [-0.15, -0.1) is 0 Å². The van der Waals surface area contributed by atoms with Crippen molar-refractivity contribution in [2.75, 3.05) is 37.1 Å². The Morgan fingerprint density at radius 2 is 1.44 bits per heavy atom. The Labute approximate surface area is 158 Å². The molecule has 0 saturated carbocycles. The third kappa shape index (κ3) is 5.04. The van der Waals surface area contributed by atoms with Crippen LogP contribution in [0.1, 0.15) is 17.3 Å². The first-order valence-electron chi connectivity index (χ1n) is 8.05. The molecule has 0 atom stereocenters. The summed E-state index contributed by atoms with van der Waals surface area (Å²) in [7, 11) is 1.06. The molecule has 27 heavy (non-hydrogen) atoms. The molecule has 0 radical (unpaired) electrons. The van der Waals surface area contributed by atoms with Gasteiger partial charge in [-0.3, -0.25) is 9.52 Å². The fourth-order valence-corrected chi connectivity index (χ4v) is 2.93. The largest absolute Gasteiger partial charge is 0.493 e. The first kappa shape index (κ1) is 20.4. The van der Waals surface area contributed by atoms with Crippen molar-refractivity contribution in [3.05, 3.63) is 42.0 Å². The maximum Gasteiger partial charge on any atom is 0.255 e. The lowest BCUT2D eigenvalue weighted by molar-refractivity contribution is 0.102. The molecule has 9 heteroatoms. The highest BCUT2D eigenvalue weighted by molar-refractivity contribution is 7.92. The van der Waals surface area contributed by atoms with Crippen LogP contribution < -0.4 is 24.2 Å². The van der Waals surface area contributed by atoms with Gasteiger partial charge < -0.3 is 19.5 Å². The number of ether oxygens (including phenoxy) is 3. The maximum atomic E-state index is 12.5. The van der Waals surface area contributed by atoms with Crippen molar-refractivity contribution < 1.29 is 27.4 Å². The number of hydrogen-bond acceptors (Lipinski definition) is 6. The van der Waals surface area contributed by atoms with E-state index in [-0.39, 0.29) is 11.7 Å². The van der Waals surface area contributed by atoms with Crippen LogP contribution in [-0.4, -0.2) is 41.4 Å². The SMILES string of the molecule is CCS(=O)(=O)Nc1ccc(NC(=O)c2cc(OC)c(OC)c(OC)c2)cc1. The summed E-state index contributed by atoms with van der Waals surface area (Å²) in [6.07, 6.45) is 0. The molecule has 0 aliphatic carbocycles. The third-order valence-electron chi connectivity index (χ3n) is 3.72. The van der Waals surface area contributed by atoms with Crippen molar-refractivity contribution in [2.24, 2.45) is 0 Å². The molecule has 146 valence electrons. The van der Waals surface area contributed by atoms with Crippen molar-refractivity contribution in [1.82, 2.24) is 0 Å². The Kier molecular flexibility index (Phi) is 6.51. The monoisotopic (exact) mass is 394 g/mol. The number of benzene rings is 2. The zero-order valence-electron chi connectivity index (χ0n) is 15.5. The van der Waals surface area contributed by atoms with Gasteiger partial charge in [-0.1, -0.05) is 0 Å². The number of methoxy groups -OCH3 is 3. The van der Waals surface area contributed by atoms with Gasteiger partial charge in [0.1, 0.15) is 0 Å². The first-order valence-corrected chi connectivity index (χ1v) is 9.70. The summed E-state index contributed by atoms with van der Waals surface area (Å²) in [4.78, 5) is 12.5. The predicted molar refractivity (Wildman–Crippen MR) is 104 cm³/mol. The van der Waals surface area contributed by atoms with Crippen LogP contribution in [0.3, 0.4) is 0 Å². The van der Waals surface area contributed by atoms with Crippen LogP contribution in [0.15, 0.2) is 36.4 Å². The Bertz CT molecular complexity index is 885. The molecule has 2 N–H and O–H groups in total. The zero-order valence-corrected chi connectivity index (χ0v) is 16.3. The first-order chi connectivity index (χ1) is 12.8. The van der Waals surface area contributed by atoms with E-state index in [0.29, 0.717) is 34.2 Å². The number of hydrogen-bond donors (Lipinski definition) is 2. The number of nitrogens with one attached hydrogen (secondary N) is 2. The molecule has 2 rings (SSSR count). The minimum atomic E-state index is -3.35. The Balaban J connectivity index is 2.20. The summed E-state index contributed by atoms with van der Waals surface area (Å²) in [6, 6.07) is 9.42. The summed E-state index contributed by atoms with van der Waals surface area (Å²) in [5.74, 6) is 0.727. The second-order valence-electron chi connectivity index (χ2n) is 5.45. The van der Waals surface area contributed by atoms with Gasteiger partial charge in [0.2, 0.25) is 15.8 Å². The van der Waals surface area contributed by atoms with Crippen LogP contribution in [0.5, 0.6) is 17.2 Å². The number of anilines is 2. The maximum absolute atomic E-state index is 12.5. The van der Waals surface area contributed by atoms with E-state index in [9.17, 15) is 13.2 Å². The second kappa shape index (κ2) is 8.63. The predicted octanol–water partition coefficient (Wildman–Crippen LogP) is 2.73. The molecule has 2 aromatic rings. The molecule has 0 bridgehead atoms. The molecular weight excluding hydrogens is 372 g/mol. The number of sulfonamides is 1. The minimum absolute atomic E-state index is 0.0212. The highest BCUT2D eigenvalue weighted by atomic mass is 32.2. The van der Waals surface area contributed by atoms with Crippen LogP contribution in [0, 0.1) is 0 Å². The van der Waals surface area contributed by atoms with Gasteiger partial charge in [0, 0.05) is 16.9 Å². The summed E-state index contributed by atoms with van der Waals surface area (Å²) < 4.78 is 41.3. The topological polar surface area (TPSA) is 103 Å². The van der Waals surface area contributed by atoms with Gasteiger partial charge in [-0.05, 0) is 43.3 Å². The molecule has 2 aromatic carbocycles.